The molecule has 0 aliphatic heterocycles. The van der Waals surface area contributed by atoms with E-state index in [-0.39, 0.29) is 11.2 Å². The van der Waals surface area contributed by atoms with Gasteiger partial charge in [-0.1, -0.05) is 12.2 Å². The molecule has 0 aromatic carbocycles. The van der Waals surface area contributed by atoms with Crippen molar-refractivity contribution in [2.45, 2.75) is 51.9 Å². The van der Waals surface area contributed by atoms with Crippen molar-refractivity contribution in [2.75, 3.05) is 0 Å². The SMILES string of the molecule is CC(=O)C/C=C/CC[C@@]1(C(=O)O)[C@H]2C[C@@]13CC[C@@H]2C3. The standard InChI is InChI=1S/C16H22O3/c1-11(17)5-3-2-4-7-16(14(18)19)13-10-15(16)8-6-12(13)9-15/h2-3,12-13H,4-10H2,1H3,(H,18,19)/b3-2+/t12-,13+,15+,16+/m1/s1. The number of Topliss-reactive ketones (excluding diaryl/α,β-unsaturated/α-hetero) is 1. The first kappa shape index (κ1) is 12.9. The van der Waals surface area contributed by atoms with E-state index in [1.165, 1.54) is 6.42 Å². The van der Waals surface area contributed by atoms with E-state index in [0.29, 0.717) is 18.3 Å². The Morgan fingerprint density at radius 3 is 2.58 bits per heavy atom. The molecule has 0 aromatic rings. The number of hydrogen-bond acceptors (Lipinski definition) is 2. The summed E-state index contributed by atoms with van der Waals surface area (Å²) >= 11 is 0. The lowest BCUT2D eigenvalue weighted by Crippen LogP contribution is -2.59. The summed E-state index contributed by atoms with van der Waals surface area (Å²) in [6, 6.07) is 0. The van der Waals surface area contributed by atoms with E-state index in [2.05, 4.69) is 0 Å². The van der Waals surface area contributed by atoms with Gasteiger partial charge in [0.2, 0.25) is 0 Å². The average molecular weight is 262 g/mol. The fourth-order valence-corrected chi connectivity index (χ4v) is 5.33. The number of rotatable bonds is 6. The second kappa shape index (κ2) is 4.19. The Kier molecular flexibility index (Phi) is 2.84. The third kappa shape index (κ3) is 1.56. The average Bonchev–Trinajstić information content (AvgIpc) is 2.98. The number of hydrogen-bond donors (Lipinski definition) is 1. The predicted octanol–water partition coefficient (Wildman–Crippen LogP) is 3.19. The van der Waals surface area contributed by atoms with Crippen LogP contribution in [0.5, 0.6) is 0 Å². The molecule has 4 atom stereocenters. The minimum atomic E-state index is -0.564. The topological polar surface area (TPSA) is 54.4 Å². The zero-order valence-corrected chi connectivity index (χ0v) is 11.5. The largest absolute Gasteiger partial charge is 0.481 e. The Balaban J connectivity index is 1.66. The monoisotopic (exact) mass is 262 g/mol. The lowest BCUT2D eigenvalue weighted by molar-refractivity contribution is -0.188. The van der Waals surface area contributed by atoms with Crippen LogP contribution in [0.2, 0.25) is 0 Å². The molecule has 1 spiro atoms. The first-order chi connectivity index (χ1) is 9.02. The van der Waals surface area contributed by atoms with Crippen LogP contribution in [0.15, 0.2) is 12.2 Å². The molecule has 0 aromatic heterocycles. The highest BCUT2D eigenvalue weighted by Gasteiger charge is 2.78. The molecule has 0 unspecified atom stereocenters. The maximum atomic E-state index is 11.8. The molecule has 0 saturated heterocycles. The van der Waals surface area contributed by atoms with Crippen molar-refractivity contribution in [3.05, 3.63) is 12.2 Å². The van der Waals surface area contributed by atoms with E-state index in [4.69, 9.17) is 0 Å². The van der Waals surface area contributed by atoms with Gasteiger partial charge in [-0.2, -0.15) is 0 Å². The summed E-state index contributed by atoms with van der Waals surface area (Å²) in [5, 5.41) is 9.75. The van der Waals surface area contributed by atoms with Crippen LogP contribution in [-0.2, 0) is 9.59 Å². The van der Waals surface area contributed by atoms with Crippen LogP contribution in [0, 0.1) is 22.7 Å². The van der Waals surface area contributed by atoms with Gasteiger partial charge in [-0.15, -0.1) is 0 Å². The maximum Gasteiger partial charge on any atom is 0.310 e. The number of carboxylic acids is 1. The highest BCUT2D eigenvalue weighted by atomic mass is 16.4. The van der Waals surface area contributed by atoms with Crippen LogP contribution < -0.4 is 0 Å². The number of allylic oxidation sites excluding steroid dienone is 2. The zero-order chi connectivity index (χ0) is 13.7. The van der Waals surface area contributed by atoms with E-state index in [0.717, 1.165) is 32.1 Å². The van der Waals surface area contributed by atoms with E-state index in [1.807, 2.05) is 12.2 Å². The van der Waals surface area contributed by atoms with Crippen molar-refractivity contribution in [1.29, 1.82) is 0 Å². The fourth-order valence-electron chi connectivity index (χ4n) is 5.33. The predicted molar refractivity (Wildman–Crippen MR) is 71.6 cm³/mol. The van der Waals surface area contributed by atoms with Crippen LogP contribution in [0.25, 0.3) is 0 Å². The van der Waals surface area contributed by atoms with Gasteiger partial charge in [-0.05, 0) is 62.7 Å². The Morgan fingerprint density at radius 1 is 1.32 bits per heavy atom. The Labute approximate surface area is 114 Å². The van der Waals surface area contributed by atoms with Gasteiger partial charge in [0.15, 0.2) is 0 Å². The Morgan fingerprint density at radius 2 is 2.11 bits per heavy atom. The molecule has 3 heteroatoms. The number of carboxylic acid groups (broad SMARTS) is 1. The highest BCUT2D eigenvalue weighted by molar-refractivity contribution is 5.79. The number of ketones is 1. The molecule has 4 rings (SSSR count). The van der Waals surface area contributed by atoms with E-state index < -0.39 is 11.4 Å². The zero-order valence-electron chi connectivity index (χ0n) is 11.5. The molecule has 19 heavy (non-hydrogen) atoms. The number of carbonyl (C=O) groups excluding carboxylic acids is 1. The van der Waals surface area contributed by atoms with Crippen molar-refractivity contribution in [3.63, 3.8) is 0 Å². The molecule has 3 nitrogen and oxygen atoms in total. The summed E-state index contributed by atoms with van der Waals surface area (Å²) < 4.78 is 0. The molecular formula is C16H22O3. The van der Waals surface area contributed by atoms with Crippen molar-refractivity contribution in [3.8, 4) is 0 Å². The van der Waals surface area contributed by atoms with E-state index >= 15 is 0 Å². The van der Waals surface area contributed by atoms with Gasteiger partial charge in [-0.25, -0.2) is 0 Å². The molecule has 1 N–H and O–H groups in total. The van der Waals surface area contributed by atoms with Crippen LogP contribution in [0.4, 0.5) is 0 Å². The molecule has 0 amide bonds. The number of aliphatic carboxylic acids is 1. The highest BCUT2D eigenvalue weighted by Crippen LogP contribution is 2.81. The molecule has 4 aliphatic rings. The Hall–Kier alpha value is -1.12. The van der Waals surface area contributed by atoms with Crippen molar-refractivity contribution in [2.24, 2.45) is 22.7 Å². The summed E-state index contributed by atoms with van der Waals surface area (Å²) in [6.45, 7) is 1.58. The molecule has 4 fully saturated rings. The van der Waals surface area contributed by atoms with Crippen molar-refractivity contribution < 1.29 is 14.7 Å². The van der Waals surface area contributed by atoms with E-state index in [1.54, 1.807) is 6.92 Å². The summed E-state index contributed by atoms with van der Waals surface area (Å²) in [5.74, 6) is 0.703. The minimum absolute atomic E-state index is 0.128. The van der Waals surface area contributed by atoms with E-state index in [9.17, 15) is 14.7 Å². The summed E-state index contributed by atoms with van der Waals surface area (Å²) in [4.78, 5) is 22.7. The van der Waals surface area contributed by atoms with Crippen LogP contribution in [-0.4, -0.2) is 16.9 Å². The van der Waals surface area contributed by atoms with Gasteiger partial charge >= 0.3 is 5.97 Å². The fraction of sp³-hybridized carbons (Fsp3) is 0.750. The van der Waals surface area contributed by atoms with Gasteiger partial charge in [0.25, 0.3) is 0 Å². The first-order valence-electron chi connectivity index (χ1n) is 7.40. The third-order valence-electron chi connectivity index (χ3n) is 6.06. The smallest absolute Gasteiger partial charge is 0.310 e. The summed E-state index contributed by atoms with van der Waals surface area (Å²) in [7, 11) is 0. The molecule has 0 radical (unpaired) electrons. The van der Waals surface area contributed by atoms with Crippen molar-refractivity contribution >= 4 is 11.8 Å². The lowest BCUT2D eigenvalue weighted by atomic mass is 9.43. The quantitative estimate of drug-likeness (QED) is 0.748. The molecule has 4 aliphatic carbocycles. The van der Waals surface area contributed by atoms with Crippen LogP contribution >= 0.6 is 0 Å². The molecular weight excluding hydrogens is 240 g/mol. The summed E-state index contributed by atoms with van der Waals surface area (Å²) in [6.07, 6.45) is 10.6. The molecule has 104 valence electrons. The first-order valence-corrected chi connectivity index (χ1v) is 7.40. The van der Waals surface area contributed by atoms with Crippen molar-refractivity contribution in [1.82, 2.24) is 0 Å². The maximum absolute atomic E-state index is 11.8. The number of carbonyl (C=O) groups is 2. The van der Waals surface area contributed by atoms with Gasteiger partial charge in [0.1, 0.15) is 5.78 Å². The Bertz CT molecular complexity index is 449. The van der Waals surface area contributed by atoms with Gasteiger partial charge in [-0.3, -0.25) is 9.59 Å². The van der Waals surface area contributed by atoms with Gasteiger partial charge < -0.3 is 5.11 Å². The third-order valence-corrected chi connectivity index (χ3v) is 6.06. The molecule has 0 heterocycles. The van der Waals surface area contributed by atoms with Gasteiger partial charge in [0.05, 0.1) is 5.41 Å². The molecule has 4 saturated carbocycles. The summed E-state index contributed by atoms with van der Waals surface area (Å²) in [5.41, 5.74) is -0.306. The second-order valence-electron chi connectivity index (χ2n) is 6.79. The van der Waals surface area contributed by atoms with Gasteiger partial charge in [0, 0.05) is 6.42 Å². The normalized spacial score (nSPS) is 42.6. The molecule has 3 bridgehead atoms. The lowest BCUT2D eigenvalue weighted by Gasteiger charge is -2.58. The minimum Gasteiger partial charge on any atom is -0.481 e. The second-order valence-corrected chi connectivity index (χ2v) is 6.79. The van der Waals surface area contributed by atoms with Crippen LogP contribution in [0.1, 0.15) is 51.9 Å². The van der Waals surface area contributed by atoms with Crippen LogP contribution in [0.3, 0.4) is 0 Å².